The number of aliphatic hydroxyl groups is 1. The summed E-state index contributed by atoms with van der Waals surface area (Å²) in [7, 11) is 0. The smallest absolute Gasteiger partial charge is 0.159 e. The van der Waals surface area contributed by atoms with Crippen molar-refractivity contribution in [1.82, 2.24) is 10.2 Å². The molecule has 2 aromatic carbocycles. The number of ether oxygens (including phenoxy) is 5. The third kappa shape index (κ3) is 13.8. The van der Waals surface area contributed by atoms with Crippen molar-refractivity contribution in [2.45, 2.75) is 78.2 Å². The molecule has 3 saturated heterocycles. The maximum absolute atomic E-state index is 11.2. The lowest BCUT2D eigenvalue weighted by molar-refractivity contribution is -0.0786. The first-order valence-electron chi connectivity index (χ1n) is 15.5. The van der Waals surface area contributed by atoms with E-state index in [0.717, 1.165) is 38.5 Å². The molecule has 3 heterocycles. The van der Waals surface area contributed by atoms with E-state index in [1.165, 1.54) is 6.92 Å². The second kappa shape index (κ2) is 18.2. The average Bonchev–Trinajstić information content (AvgIpc) is 3.80. The number of morpholine rings is 2. The Hall–Kier alpha value is -2.86. The molecular formula is C34H50N2O8. The molecule has 2 N–H and O–H groups in total. The van der Waals surface area contributed by atoms with Gasteiger partial charge in [0.05, 0.1) is 31.0 Å². The van der Waals surface area contributed by atoms with Crippen molar-refractivity contribution in [3.8, 4) is 11.5 Å². The predicted octanol–water partition coefficient (Wildman–Crippen LogP) is 3.79. The van der Waals surface area contributed by atoms with E-state index in [1.807, 2.05) is 13.8 Å². The standard InChI is InChI=1S/C17H25NO4.C11H12O3.C6H13NO/c1-12-8-18(9-13(2)22-12)10-16(20)11-21-17-6-4-15(5-7-17)14(3)19;1-8(12)9-2-4-10(5-3-9)13-6-11-7-14-11;1-5-3-7-4-6(2)8-5/h4-7,12-13,16,20H,8-11H2,1-3H3;2-5,11H,6-7H2,1H3;5-7H,3-4H2,1-2H3. The molecule has 0 saturated carbocycles. The summed E-state index contributed by atoms with van der Waals surface area (Å²) in [5.41, 5.74) is 1.37. The van der Waals surface area contributed by atoms with Gasteiger partial charge >= 0.3 is 0 Å². The monoisotopic (exact) mass is 614 g/mol. The van der Waals surface area contributed by atoms with Gasteiger partial charge in [0.15, 0.2) is 11.6 Å². The highest BCUT2D eigenvalue weighted by Gasteiger charge is 2.24. The molecule has 0 bridgehead atoms. The molecule has 2 aromatic rings. The topological polar surface area (TPSA) is 119 Å². The van der Waals surface area contributed by atoms with Crippen LogP contribution in [0, 0.1) is 0 Å². The number of Topliss-reactive ketones (excluding diaryl/α,β-unsaturated/α-hetero) is 2. The van der Waals surface area contributed by atoms with Crippen molar-refractivity contribution < 1.29 is 38.4 Å². The number of aliphatic hydroxyl groups excluding tert-OH is 1. The van der Waals surface area contributed by atoms with E-state index in [0.29, 0.717) is 42.2 Å². The Balaban J connectivity index is 0.000000203. The van der Waals surface area contributed by atoms with Crippen LogP contribution >= 0.6 is 0 Å². The SMILES string of the molecule is CC(=O)c1ccc(OCC(O)CN2CC(C)OC(C)C2)cc1.CC(=O)c1ccc(OCC2CO2)cc1.CC1CNCC(C)O1. The number of rotatable bonds is 10. The molecule has 3 aliphatic rings. The summed E-state index contributed by atoms with van der Waals surface area (Å²) in [5, 5.41) is 13.4. The molecule has 10 nitrogen and oxygen atoms in total. The fourth-order valence-corrected chi connectivity index (χ4v) is 4.88. The van der Waals surface area contributed by atoms with Crippen LogP contribution in [0.3, 0.4) is 0 Å². The zero-order chi connectivity index (χ0) is 32.1. The Morgan fingerprint density at radius 2 is 1.27 bits per heavy atom. The molecule has 5 rings (SSSR count). The molecule has 244 valence electrons. The van der Waals surface area contributed by atoms with Crippen LogP contribution < -0.4 is 14.8 Å². The van der Waals surface area contributed by atoms with Crippen LogP contribution in [-0.4, -0.2) is 111 Å². The van der Waals surface area contributed by atoms with Gasteiger partial charge in [0.25, 0.3) is 0 Å². The van der Waals surface area contributed by atoms with Crippen molar-refractivity contribution in [1.29, 1.82) is 0 Å². The van der Waals surface area contributed by atoms with Crippen molar-refractivity contribution in [3.63, 3.8) is 0 Å². The Bertz CT molecular complexity index is 1120. The maximum Gasteiger partial charge on any atom is 0.159 e. The quantitative estimate of drug-likeness (QED) is 0.302. The Morgan fingerprint density at radius 1 is 0.818 bits per heavy atom. The fraction of sp³-hybridized carbons (Fsp3) is 0.588. The molecule has 44 heavy (non-hydrogen) atoms. The molecule has 6 unspecified atom stereocenters. The first-order valence-corrected chi connectivity index (χ1v) is 15.5. The van der Waals surface area contributed by atoms with Gasteiger partial charge in [-0.05, 0) is 90.1 Å². The van der Waals surface area contributed by atoms with E-state index in [4.69, 9.17) is 23.7 Å². The normalized spacial score (nSPS) is 25.3. The number of hydrogen-bond donors (Lipinski definition) is 2. The molecule has 0 spiro atoms. The van der Waals surface area contributed by atoms with E-state index >= 15 is 0 Å². The minimum absolute atomic E-state index is 0.0298. The number of hydrogen-bond acceptors (Lipinski definition) is 10. The summed E-state index contributed by atoms with van der Waals surface area (Å²) in [4.78, 5) is 24.4. The van der Waals surface area contributed by atoms with Crippen molar-refractivity contribution >= 4 is 11.6 Å². The predicted molar refractivity (Wildman–Crippen MR) is 169 cm³/mol. The van der Waals surface area contributed by atoms with E-state index in [9.17, 15) is 14.7 Å². The van der Waals surface area contributed by atoms with E-state index in [1.54, 1.807) is 55.5 Å². The third-order valence-corrected chi connectivity index (χ3v) is 7.09. The summed E-state index contributed by atoms with van der Waals surface area (Å²) in [5.74, 6) is 1.54. The molecule has 0 aliphatic carbocycles. The number of nitrogens with zero attached hydrogens (tertiary/aromatic N) is 1. The van der Waals surface area contributed by atoms with Crippen molar-refractivity contribution in [2.75, 3.05) is 52.5 Å². The van der Waals surface area contributed by atoms with Gasteiger partial charge in [-0.15, -0.1) is 0 Å². The van der Waals surface area contributed by atoms with Crippen LogP contribution in [0.15, 0.2) is 48.5 Å². The third-order valence-electron chi connectivity index (χ3n) is 7.09. The molecule has 6 atom stereocenters. The van der Waals surface area contributed by atoms with Gasteiger partial charge in [-0.1, -0.05) is 0 Å². The minimum atomic E-state index is -0.551. The highest BCUT2D eigenvalue weighted by atomic mass is 16.6. The fourth-order valence-electron chi connectivity index (χ4n) is 4.88. The van der Waals surface area contributed by atoms with Gasteiger partial charge in [0, 0.05) is 43.9 Å². The highest BCUT2D eigenvalue weighted by Crippen LogP contribution is 2.16. The summed E-state index contributed by atoms with van der Waals surface area (Å²) in [6, 6.07) is 14.1. The molecule has 3 fully saturated rings. The largest absolute Gasteiger partial charge is 0.491 e. The Kier molecular flexibility index (Phi) is 14.7. The van der Waals surface area contributed by atoms with Gasteiger partial charge in [-0.25, -0.2) is 0 Å². The van der Waals surface area contributed by atoms with Gasteiger partial charge in [0.2, 0.25) is 0 Å². The van der Waals surface area contributed by atoms with Crippen LogP contribution in [-0.2, 0) is 14.2 Å². The van der Waals surface area contributed by atoms with Gasteiger partial charge in [-0.2, -0.15) is 0 Å². The lowest BCUT2D eigenvalue weighted by Gasteiger charge is -2.36. The first-order chi connectivity index (χ1) is 21.0. The van der Waals surface area contributed by atoms with E-state index in [2.05, 4.69) is 24.1 Å². The number of β-amino-alcohol motifs (C(OH)–C–C–N with tert-alkyl or cyclic N) is 1. The molecule has 0 aromatic heterocycles. The van der Waals surface area contributed by atoms with Crippen LogP contribution in [0.25, 0.3) is 0 Å². The zero-order valence-corrected chi connectivity index (χ0v) is 27.0. The summed E-state index contributed by atoms with van der Waals surface area (Å²) in [6.07, 6.45) is 0.900. The van der Waals surface area contributed by atoms with Crippen LogP contribution in [0.5, 0.6) is 11.5 Å². The van der Waals surface area contributed by atoms with Crippen LogP contribution in [0.2, 0.25) is 0 Å². The van der Waals surface area contributed by atoms with Gasteiger partial charge < -0.3 is 34.1 Å². The molecule has 3 aliphatic heterocycles. The second-order valence-corrected chi connectivity index (χ2v) is 11.8. The number of carbonyl (C=O) groups excluding carboxylic acids is 2. The van der Waals surface area contributed by atoms with Crippen molar-refractivity contribution in [2.24, 2.45) is 0 Å². The van der Waals surface area contributed by atoms with E-state index in [-0.39, 0.29) is 36.5 Å². The second-order valence-electron chi connectivity index (χ2n) is 11.8. The number of ketones is 2. The Morgan fingerprint density at radius 3 is 1.68 bits per heavy atom. The van der Waals surface area contributed by atoms with E-state index < -0.39 is 6.10 Å². The van der Waals surface area contributed by atoms with Gasteiger partial charge in [-0.3, -0.25) is 14.5 Å². The number of carbonyl (C=O) groups is 2. The Labute approximate surface area is 262 Å². The summed E-state index contributed by atoms with van der Waals surface area (Å²) < 4.78 is 27.1. The zero-order valence-electron chi connectivity index (χ0n) is 27.0. The average molecular weight is 615 g/mol. The highest BCUT2D eigenvalue weighted by molar-refractivity contribution is 5.94. The summed E-state index contributed by atoms with van der Waals surface area (Å²) >= 11 is 0. The molecule has 0 radical (unpaired) electrons. The summed E-state index contributed by atoms with van der Waals surface area (Å²) in [6.45, 7) is 17.2. The van der Waals surface area contributed by atoms with Gasteiger partial charge in [0.1, 0.15) is 36.9 Å². The lowest BCUT2D eigenvalue weighted by atomic mass is 10.1. The number of nitrogens with one attached hydrogen (secondary N) is 1. The van der Waals surface area contributed by atoms with Crippen LogP contribution in [0.4, 0.5) is 0 Å². The lowest BCUT2D eigenvalue weighted by Crippen LogP contribution is -2.48. The number of benzene rings is 2. The van der Waals surface area contributed by atoms with Crippen LogP contribution in [0.1, 0.15) is 62.3 Å². The molecule has 10 heteroatoms. The maximum atomic E-state index is 11.2. The van der Waals surface area contributed by atoms with Crippen molar-refractivity contribution in [3.05, 3.63) is 59.7 Å². The minimum Gasteiger partial charge on any atom is -0.491 e. The number of epoxide rings is 1. The first kappa shape index (κ1) is 35.6. The molecule has 0 amide bonds. The molecular weight excluding hydrogens is 564 g/mol.